The molecule has 1 saturated heterocycles. The number of rotatable bonds is 4. The fraction of sp³-hybridized carbons (Fsp3) is 0.500. The minimum atomic E-state index is -0.225. The van der Waals surface area contributed by atoms with E-state index in [2.05, 4.69) is 20.5 Å². The summed E-state index contributed by atoms with van der Waals surface area (Å²) in [4.78, 5) is 17.9. The maximum Gasteiger partial charge on any atom is 0.315 e. The molecule has 2 heterocycles. The van der Waals surface area contributed by atoms with E-state index in [-0.39, 0.29) is 25.2 Å². The molecule has 1 aliphatic heterocycles. The third kappa shape index (κ3) is 3.33. The summed E-state index contributed by atoms with van der Waals surface area (Å²) in [5, 5.41) is 14.1. The first-order valence-corrected chi connectivity index (χ1v) is 6.11. The molecule has 0 saturated carbocycles. The van der Waals surface area contributed by atoms with Gasteiger partial charge >= 0.3 is 6.03 Å². The van der Waals surface area contributed by atoms with E-state index in [0.29, 0.717) is 0 Å². The van der Waals surface area contributed by atoms with Crippen molar-refractivity contribution in [3.05, 3.63) is 24.4 Å². The number of pyridine rings is 1. The number of aliphatic hydroxyl groups is 1. The maximum atomic E-state index is 11.4. The fourth-order valence-electron chi connectivity index (χ4n) is 2.03. The number of nitrogens with one attached hydrogen (secondary N) is 2. The second-order valence-corrected chi connectivity index (χ2v) is 4.24. The van der Waals surface area contributed by atoms with Gasteiger partial charge in [-0.15, -0.1) is 0 Å². The lowest BCUT2D eigenvalue weighted by atomic mass is 10.3. The lowest BCUT2D eigenvalue weighted by Crippen LogP contribution is -2.44. The summed E-state index contributed by atoms with van der Waals surface area (Å²) in [5.41, 5.74) is 0. The van der Waals surface area contributed by atoms with Crippen LogP contribution in [0.5, 0.6) is 0 Å². The first-order chi connectivity index (χ1) is 8.79. The van der Waals surface area contributed by atoms with Crippen LogP contribution in [-0.2, 0) is 0 Å². The second kappa shape index (κ2) is 6.20. The van der Waals surface area contributed by atoms with Crippen molar-refractivity contribution >= 4 is 11.8 Å². The fourth-order valence-corrected chi connectivity index (χ4v) is 2.03. The highest BCUT2D eigenvalue weighted by Gasteiger charge is 2.24. The summed E-state index contributed by atoms with van der Waals surface area (Å²) in [6, 6.07) is 5.71. The molecule has 0 spiro atoms. The predicted molar refractivity (Wildman–Crippen MR) is 68.5 cm³/mol. The van der Waals surface area contributed by atoms with Crippen molar-refractivity contribution in [2.75, 3.05) is 31.1 Å². The van der Waals surface area contributed by atoms with Gasteiger partial charge in [0.15, 0.2) is 0 Å². The Balaban J connectivity index is 1.80. The van der Waals surface area contributed by atoms with E-state index in [4.69, 9.17) is 5.11 Å². The highest BCUT2D eigenvalue weighted by atomic mass is 16.3. The minimum absolute atomic E-state index is 0.0435. The Kier molecular flexibility index (Phi) is 4.35. The number of hydrogen-bond donors (Lipinski definition) is 3. The molecule has 0 aromatic carbocycles. The number of urea groups is 1. The van der Waals surface area contributed by atoms with Crippen LogP contribution in [0, 0.1) is 0 Å². The number of hydrogen-bond acceptors (Lipinski definition) is 4. The van der Waals surface area contributed by atoms with Gasteiger partial charge in [-0.2, -0.15) is 0 Å². The highest BCUT2D eigenvalue weighted by Crippen LogP contribution is 2.16. The molecule has 2 amide bonds. The number of anilines is 1. The third-order valence-corrected chi connectivity index (χ3v) is 2.89. The van der Waals surface area contributed by atoms with Crippen LogP contribution in [0.15, 0.2) is 24.4 Å². The average molecular weight is 250 g/mol. The zero-order valence-electron chi connectivity index (χ0n) is 10.2. The predicted octanol–water partition coefficient (Wildman–Crippen LogP) is -0.0482. The largest absolute Gasteiger partial charge is 0.395 e. The minimum Gasteiger partial charge on any atom is -0.395 e. The van der Waals surface area contributed by atoms with Gasteiger partial charge in [-0.1, -0.05) is 6.07 Å². The van der Waals surface area contributed by atoms with Crippen molar-refractivity contribution < 1.29 is 9.90 Å². The Bertz CT molecular complexity index is 385. The summed E-state index contributed by atoms with van der Waals surface area (Å²) in [6.45, 7) is 1.90. The maximum absolute atomic E-state index is 11.4. The summed E-state index contributed by atoms with van der Waals surface area (Å²) in [7, 11) is 0. The number of aliphatic hydroxyl groups excluding tert-OH is 1. The van der Waals surface area contributed by atoms with Crippen LogP contribution in [0.1, 0.15) is 6.42 Å². The molecule has 18 heavy (non-hydrogen) atoms. The van der Waals surface area contributed by atoms with E-state index >= 15 is 0 Å². The van der Waals surface area contributed by atoms with Gasteiger partial charge in [-0.3, -0.25) is 0 Å². The normalized spacial score (nSPS) is 18.7. The van der Waals surface area contributed by atoms with Crippen molar-refractivity contribution in [2.24, 2.45) is 0 Å². The molecule has 98 valence electrons. The van der Waals surface area contributed by atoms with Gasteiger partial charge in [0.2, 0.25) is 0 Å². The molecule has 0 bridgehead atoms. The van der Waals surface area contributed by atoms with E-state index < -0.39 is 0 Å². The molecule has 1 fully saturated rings. The third-order valence-electron chi connectivity index (χ3n) is 2.89. The van der Waals surface area contributed by atoms with Crippen LogP contribution in [0.25, 0.3) is 0 Å². The number of nitrogens with zero attached hydrogens (tertiary/aromatic N) is 2. The SMILES string of the molecule is O=C(NCCO)NC1CCN(c2ccccn2)C1. The standard InChI is InChI=1S/C12H18N4O2/c17-8-6-14-12(18)15-10-4-7-16(9-10)11-3-1-2-5-13-11/h1-3,5,10,17H,4,6-9H2,(H2,14,15,18). The zero-order valence-corrected chi connectivity index (χ0v) is 10.2. The van der Waals surface area contributed by atoms with Gasteiger partial charge in [0, 0.05) is 31.9 Å². The van der Waals surface area contributed by atoms with E-state index in [9.17, 15) is 4.79 Å². The Morgan fingerprint density at radius 3 is 3.17 bits per heavy atom. The molecule has 0 aliphatic carbocycles. The molecule has 6 nitrogen and oxygen atoms in total. The molecule has 1 aromatic rings. The molecule has 1 atom stereocenters. The monoisotopic (exact) mass is 250 g/mol. The van der Waals surface area contributed by atoms with Crippen molar-refractivity contribution in [3.8, 4) is 0 Å². The molecule has 1 unspecified atom stereocenters. The van der Waals surface area contributed by atoms with Crippen molar-refractivity contribution in [3.63, 3.8) is 0 Å². The Labute approximate surface area is 106 Å². The summed E-state index contributed by atoms with van der Waals surface area (Å²) in [6.07, 6.45) is 2.67. The summed E-state index contributed by atoms with van der Waals surface area (Å²) >= 11 is 0. The van der Waals surface area contributed by atoms with Crippen LogP contribution in [-0.4, -0.2) is 48.4 Å². The number of amides is 2. The topological polar surface area (TPSA) is 77.5 Å². The van der Waals surface area contributed by atoms with Crippen LogP contribution in [0.4, 0.5) is 10.6 Å². The molecular formula is C12H18N4O2. The van der Waals surface area contributed by atoms with E-state index in [0.717, 1.165) is 25.3 Å². The molecule has 1 aliphatic rings. The van der Waals surface area contributed by atoms with Gasteiger partial charge in [-0.05, 0) is 18.6 Å². The van der Waals surface area contributed by atoms with Crippen LogP contribution in [0.2, 0.25) is 0 Å². The number of carbonyl (C=O) groups excluding carboxylic acids is 1. The number of carbonyl (C=O) groups is 1. The van der Waals surface area contributed by atoms with Gasteiger partial charge in [0.05, 0.1) is 6.61 Å². The van der Waals surface area contributed by atoms with Crippen LogP contribution < -0.4 is 15.5 Å². The van der Waals surface area contributed by atoms with Gasteiger partial charge in [-0.25, -0.2) is 9.78 Å². The van der Waals surface area contributed by atoms with Gasteiger partial charge < -0.3 is 20.6 Å². The Morgan fingerprint density at radius 1 is 1.56 bits per heavy atom. The molecular weight excluding hydrogens is 232 g/mol. The Hall–Kier alpha value is -1.82. The van der Waals surface area contributed by atoms with Crippen molar-refractivity contribution in [1.82, 2.24) is 15.6 Å². The zero-order chi connectivity index (χ0) is 12.8. The van der Waals surface area contributed by atoms with E-state index in [1.807, 2.05) is 18.2 Å². The summed E-state index contributed by atoms with van der Waals surface area (Å²) in [5.74, 6) is 0.942. The Morgan fingerprint density at radius 2 is 2.44 bits per heavy atom. The second-order valence-electron chi connectivity index (χ2n) is 4.24. The molecule has 2 rings (SSSR count). The van der Waals surface area contributed by atoms with Gasteiger partial charge in [0.1, 0.15) is 5.82 Å². The molecule has 3 N–H and O–H groups in total. The average Bonchev–Trinajstić information content (AvgIpc) is 2.86. The number of aromatic nitrogens is 1. The van der Waals surface area contributed by atoms with E-state index in [1.54, 1.807) is 6.20 Å². The van der Waals surface area contributed by atoms with Gasteiger partial charge in [0.25, 0.3) is 0 Å². The smallest absolute Gasteiger partial charge is 0.315 e. The van der Waals surface area contributed by atoms with Crippen molar-refractivity contribution in [1.29, 1.82) is 0 Å². The first kappa shape index (κ1) is 12.6. The lowest BCUT2D eigenvalue weighted by molar-refractivity contribution is 0.231. The van der Waals surface area contributed by atoms with Crippen LogP contribution >= 0.6 is 0 Å². The van der Waals surface area contributed by atoms with E-state index in [1.165, 1.54) is 0 Å². The van der Waals surface area contributed by atoms with Crippen molar-refractivity contribution in [2.45, 2.75) is 12.5 Å². The molecule has 1 aromatic heterocycles. The molecule has 6 heteroatoms. The van der Waals surface area contributed by atoms with Crippen LogP contribution in [0.3, 0.4) is 0 Å². The lowest BCUT2D eigenvalue weighted by Gasteiger charge is -2.17. The summed E-state index contributed by atoms with van der Waals surface area (Å²) < 4.78 is 0. The highest BCUT2D eigenvalue weighted by molar-refractivity contribution is 5.74. The quantitative estimate of drug-likeness (QED) is 0.700. The molecule has 0 radical (unpaired) electrons. The first-order valence-electron chi connectivity index (χ1n) is 6.11.